The van der Waals surface area contributed by atoms with Gasteiger partial charge in [-0.2, -0.15) is 0 Å². The lowest BCUT2D eigenvalue weighted by Crippen LogP contribution is -2.46. The quantitative estimate of drug-likeness (QED) is 0.335. The Hall–Kier alpha value is -2.00. The van der Waals surface area contributed by atoms with Crippen LogP contribution in [0.2, 0.25) is 0 Å². The highest BCUT2D eigenvalue weighted by Crippen LogP contribution is 2.25. The van der Waals surface area contributed by atoms with Crippen LogP contribution >= 0.6 is 11.8 Å². The van der Waals surface area contributed by atoms with Gasteiger partial charge in [0.05, 0.1) is 0 Å². The maximum absolute atomic E-state index is 9.46. The minimum absolute atomic E-state index is 0.0589. The molecule has 27 heavy (non-hydrogen) atoms. The van der Waals surface area contributed by atoms with Gasteiger partial charge < -0.3 is 20.7 Å². The number of hydrogen-bond acceptors (Lipinski definition) is 6. The van der Waals surface area contributed by atoms with Crippen molar-refractivity contribution < 1.29 is 10.0 Å². The first-order valence-electron chi connectivity index (χ1n) is 9.00. The Kier molecular flexibility index (Phi) is 6.79. The zero-order valence-electron chi connectivity index (χ0n) is 15.2. The minimum Gasteiger partial charge on any atom is -0.423 e. The number of nitrogens with two attached hydrogens (primary N) is 1. The summed E-state index contributed by atoms with van der Waals surface area (Å²) >= 11 is 1.25. The normalized spacial score (nSPS) is 15.0. The van der Waals surface area contributed by atoms with Crippen LogP contribution in [0.25, 0.3) is 0 Å². The number of hydrogen-bond donors (Lipinski definition) is 4. The lowest BCUT2D eigenvalue weighted by atomic mass is 9.79. The molecule has 0 radical (unpaired) electrons. The highest BCUT2D eigenvalue weighted by Gasteiger charge is 2.21. The number of nitrogens with zero attached hydrogens (tertiary/aromatic N) is 2. The van der Waals surface area contributed by atoms with Crippen LogP contribution in [0.1, 0.15) is 11.1 Å². The van der Waals surface area contributed by atoms with Crippen molar-refractivity contribution in [2.75, 3.05) is 31.1 Å². The van der Waals surface area contributed by atoms with Crippen LogP contribution in [0.3, 0.4) is 0 Å². The van der Waals surface area contributed by atoms with E-state index in [9.17, 15) is 10.0 Å². The summed E-state index contributed by atoms with van der Waals surface area (Å²) in [5.41, 5.74) is 9.32. The largest absolute Gasteiger partial charge is 0.488 e. The fraction of sp³-hybridized carbons (Fsp3) is 0.316. The van der Waals surface area contributed by atoms with Gasteiger partial charge in [0.2, 0.25) is 0 Å². The molecule has 0 bridgehead atoms. The molecule has 5 N–H and O–H groups in total. The van der Waals surface area contributed by atoms with E-state index >= 15 is 0 Å². The zero-order chi connectivity index (χ0) is 19.2. The molecule has 0 aliphatic carbocycles. The van der Waals surface area contributed by atoms with E-state index in [2.05, 4.69) is 34.1 Å². The number of piperazine rings is 1. The Labute approximate surface area is 164 Å². The molecule has 3 rings (SSSR count). The molecule has 0 unspecified atom stereocenters. The average molecular weight is 384 g/mol. The number of thioether (sulfide) groups is 1. The molecule has 0 spiro atoms. The van der Waals surface area contributed by atoms with Crippen molar-refractivity contribution in [1.82, 2.24) is 4.90 Å². The Bertz CT molecular complexity index is 768. The van der Waals surface area contributed by atoms with E-state index in [0.29, 0.717) is 11.2 Å². The maximum atomic E-state index is 9.46. The second kappa shape index (κ2) is 9.28. The topological polar surface area (TPSA) is 96.8 Å². The van der Waals surface area contributed by atoms with Crippen LogP contribution in [0, 0.1) is 5.41 Å². The van der Waals surface area contributed by atoms with Crippen LogP contribution in [0.15, 0.2) is 48.5 Å². The fourth-order valence-electron chi connectivity index (χ4n) is 3.33. The van der Waals surface area contributed by atoms with E-state index < -0.39 is 7.12 Å². The van der Waals surface area contributed by atoms with Gasteiger partial charge in [0.25, 0.3) is 0 Å². The van der Waals surface area contributed by atoms with Crippen LogP contribution in [0.5, 0.6) is 0 Å². The van der Waals surface area contributed by atoms with Gasteiger partial charge in [0, 0.05) is 44.2 Å². The molecule has 0 saturated carbocycles. The zero-order valence-corrected chi connectivity index (χ0v) is 16.0. The summed E-state index contributed by atoms with van der Waals surface area (Å²) < 4.78 is 0. The summed E-state index contributed by atoms with van der Waals surface area (Å²) in [6.07, 6.45) is 0. The van der Waals surface area contributed by atoms with E-state index in [-0.39, 0.29) is 5.17 Å². The second-order valence-electron chi connectivity index (χ2n) is 6.66. The van der Waals surface area contributed by atoms with Crippen LogP contribution in [-0.4, -0.2) is 53.4 Å². The summed E-state index contributed by atoms with van der Waals surface area (Å²) in [5, 5.41) is 26.4. The number of benzene rings is 2. The molecular weight excluding hydrogens is 359 g/mol. The molecular formula is C19H25BN4O2S. The van der Waals surface area contributed by atoms with E-state index in [0.717, 1.165) is 44.0 Å². The van der Waals surface area contributed by atoms with Gasteiger partial charge >= 0.3 is 7.12 Å². The molecule has 1 aliphatic heterocycles. The molecule has 0 aromatic heterocycles. The molecule has 1 heterocycles. The van der Waals surface area contributed by atoms with Crippen molar-refractivity contribution in [1.29, 1.82) is 5.41 Å². The Morgan fingerprint density at radius 3 is 2.41 bits per heavy atom. The van der Waals surface area contributed by atoms with Gasteiger partial charge in [-0.3, -0.25) is 10.3 Å². The SMILES string of the molecule is N=C(N)SCc1cc(B(O)O)ccc1N1CCN(Cc2ccccc2)CC1. The molecule has 0 amide bonds. The predicted octanol–water partition coefficient (Wildman–Crippen LogP) is 0.815. The molecule has 8 heteroatoms. The van der Waals surface area contributed by atoms with Crippen LogP contribution in [-0.2, 0) is 12.3 Å². The summed E-state index contributed by atoms with van der Waals surface area (Å²) in [6, 6.07) is 16.0. The molecule has 6 nitrogen and oxygen atoms in total. The summed E-state index contributed by atoms with van der Waals surface area (Å²) in [7, 11) is -1.50. The third-order valence-corrected chi connectivity index (χ3v) is 5.51. The van der Waals surface area contributed by atoms with Crippen molar-refractivity contribution in [3.8, 4) is 0 Å². The average Bonchev–Trinajstić information content (AvgIpc) is 2.67. The smallest absolute Gasteiger partial charge is 0.423 e. The van der Waals surface area contributed by atoms with E-state index in [1.54, 1.807) is 12.1 Å². The van der Waals surface area contributed by atoms with E-state index in [1.165, 1.54) is 17.3 Å². The fourth-order valence-corrected chi connectivity index (χ4v) is 3.88. The number of anilines is 1. The van der Waals surface area contributed by atoms with Crippen LogP contribution < -0.4 is 16.1 Å². The predicted molar refractivity (Wildman–Crippen MR) is 113 cm³/mol. The Morgan fingerprint density at radius 2 is 1.78 bits per heavy atom. The van der Waals surface area contributed by atoms with Crippen molar-refractivity contribution in [3.63, 3.8) is 0 Å². The molecule has 1 saturated heterocycles. The van der Waals surface area contributed by atoms with Gasteiger partial charge in [-0.15, -0.1) is 0 Å². The van der Waals surface area contributed by atoms with E-state index in [4.69, 9.17) is 11.1 Å². The van der Waals surface area contributed by atoms with Gasteiger partial charge in [0.1, 0.15) is 0 Å². The summed E-state index contributed by atoms with van der Waals surface area (Å²) in [4.78, 5) is 4.77. The number of amidine groups is 1. The summed E-state index contributed by atoms with van der Waals surface area (Å²) in [6.45, 7) is 4.71. The third kappa shape index (κ3) is 5.49. The highest BCUT2D eigenvalue weighted by molar-refractivity contribution is 8.13. The van der Waals surface area contributed by atoms with Crippen molar-refractivity contribution in [2.24, 2.45) is 5.73 Å². The van der Waals surface area contributed by atoms with Crippen molar-refractivity contribution in [2.45, 2.75) is 12.3 Å². The highest BCUT2D eigenvalue weighted by atomic mass is 32.2. The molecule has 2 aromatic carbocycles. The second-order valence-corrected chi connectivity index (χ2v) is 7.68. The van der Waals surface area contributed by atoms with Gasteiger partial charge in [-0.05, 0) is 22.7 Å². The first-order valence-corrected chi connectivity index (χ1v) is 9.98. The number of nitrogens with one attached hydrogen (secondary N) is 1. The molecule has 0 atom stereocenters. The standard InChI is InChI=1S/C19H25BN4O2S/c21-19(22)27-14-16-12-17(20(25)26)6-7-18(16)24-10-8-23(9-11-24)13-15-4-2-1-3-5-15/h1-7,12,25-26H,8-11,13-14H2,(H3,21,22). The molecule has 142 valence electrons. The number of rotatable bonds is 6. The first-order chi connectivity index (χ1) is 13.0. The van der Waals surface area contributed by atoms with E-state index in [1.807, 2.05) is 12.1 Å². The Morgan fingerprint density at radius 1 is 1.07 bits per heavy atom. The monoisotopic (exact) mass is 384 g/mol. The van der Waals surface area contributed by atoms with Gasteiger partial charge in [-0.1, -0.05) is 54.2 Å². The lowest BCUT2D eigenvalue weighted by molar-refractivity contribution is 0.250. The van der Waals surface area contributed by atoms with Crippen LogP contribution in [0.4, 0.5) is 5.69 Å². The third-order valence-electron chi connectivity index (χ3n) is 4.75. The summed E-state index contributed by atoms with van der Waals surface area (Å²) in [5.74, 6) is 0.537. The van der Waals surface area contributed by atoms with Gasteiger partial charge in [-0.25, -0.2) is 0 Å². The molecule has 1 fully saturated rings. The minimum atomic E-state index is -1.50. The van der Waals surface area contributed by atoms with Crippen molar-refractivity contribution in [3.05, 3.63) is 59.7 Å². The molecule has 1 aliphatic rings. The lowest BCUT2D eigenvalue weighted by Gasteiger charge is -2.37. The molecule has 2 aromatic rings. The van der Waals surface area contributed by atoms with Crippen molar-refractivity contribution >= 4 is 35.2 Å². The first kappa shape index (κ1) is 19.8. The van der Waals surface area contributed by atoms with Gasteiger partial charge in [0.15, 0.2) is 5.17 Å². The Balaban J connectivity index is 1.68. The maximum Gasteiger partial charge on any atom is 0.488 e.